The molecular formula is C26H18ClN3O4. The molecule has 4 rings (SSSR count). The molecule has 0 fully saturated rings. The van der Waals surface area contributed by atoms with Gasteiger partial charge < -0.3 is 10.1 Å². The third kappa shape index (κ3) is 5.65. The van der Waals surface area contributed by atoms with Crippen LogP contribution in [0.2, 0.25) is 5.02 Å². The van der Waals surface area contributed by atoms with Crippen molar-refractivity contribution in [3.05, 3.63) is 107 Å². The van der Waals surface area contributed by atoms with Crippen LogP contribution in [0.15, 0.2) is 96.1 Å². The topological polar surface area (TPSA) is 96.9 Å². The summed E-state index contributed by atoms with van der Waals surface area (Å²) >= 11 is 5.89. The number of esters is 1. The van der Waals surface area contributed by atoms with Crippen molar-refractivity contribution in [3.63, 3.8) is 0 Å². The van der Waals surface area contributed by atoms with Crippen molar-refractivity contribution in [2.45, 2.75) is 0 Å². The minimum Gasteiger partial charge on any atom is -0.423 e. The molecule has 0 unspecified atom stereocenters. The van der Waals surface area contributed by atoms with Crippen LogP contribution in [0.3, 0.4) is 0 Å². The van der Waals surface area contributed by atoms with E-state index in [4.69, 9.17) is 16.3 Å². The Labute approximate surface area is 200 Å². The predicted octanol–water partition coefficient (Wildman–Crippen LogP) is 4.80. The van der Waals surface area contributed by atoms with Crippen LogP contribution in [-0.4, -0.2) is 24.0 Å². The number of carbonyl (C=O) groups excluding carboxylic acids is 3. The first-order chi connectivity index (χ1) is 16.5. The lowest BCUT2D eigenvalue weighted by molar-refractivity contribution is -0.136. The highest BCUT2D eigenvalue weighted by atomic mass is 35.5. The lowest BCUT2D eigenvalue weighted by Gasteiger charge is -2.07. The number of fused-ring (bicyclic) bond motifs is 1. The molecule has 4 aromatic rings. The van der Waals surface area contributed by atoms with Gasteiger partial charge in [0.1, 0.15) is 5.75 Å². The van der Waals surface area contributed by atoms with E-state index in [1.807, 2.05) is 30.3 Å². The summed E-state index contributed by atoms with van der Waals surface area (Å²) in [5.41, 5.74) is 3.68. The largest absolute Gasteiger partial charge is 0.423 e. The van der Waals surface area contributed by atoms with E-state index in [1.165, 1.54) is 12.3 Å². The van der Waals surface area contributed by atoms with Gasteiger partial charge in [0, 0.05) is 16.1 Å². The standard InChI is InChI=1S/C26H18ClN3O4/c27-20-8-3-7-19(15-20)26(33)34-21-13-11-17(12-14-21)16-28-30-25(32)24(31)29-23-10-4-6-18-5-1-2-9-22(18)23/h1-16H,(H,29,31)(H,30,32)/b28-16-. The van der Waals surface area contributed by atoms with Crippen molar-refractivity contribution in [3.8, 4) is 5.75 Å². The van der Waals surface area contributed by atoms with Gasteiger partial charge in [-0.25, -0.2) is 10.2 Å². The molecule has 2 amide bonds. The zero-order chi connectivity index (χ0) is 23.9. The van der Waals surface area contributed by atoms with Crippen molar-refractivity contribution in [2.24, 2.45) is 5.10 Å². The SMILES string of the molecule is O=C(N/N=C\c1ccc(OC(=O)c2cccc(Cl)c2)cc1)C(=O)Nc1cccc2ccccc12. The minimum absolute atomic E-state index is 0.334. The number of rotatable bonds is 5. The van der Waals surface area contributed by atoms with Gasteiger partial charge in [-0.1, -0.05) is 54.1 Å². The zero-order valence-corrected chi connectivity index (χ0v) is 18.5. The average molecular weight is 472 g/mol. The van der Waals surface area contributed by atoms with Crippen molar-refractivity contribution in [1.82, 2.24) is 5.43 Å². The van der Waals surface area contributed by atoms with Crippen LogP contribution in [0.1, 0.15) is 15.9 Å². The monoisotopic (exact) mass is 471 g/mol. The van der Waals surface area contributed by atoms with Crippen LogP contribution in [0.5, 0.6) is 5.75 Å². The van der Waals surface area contributed by atoms with Gasteiger partial charge in [-0.2, -0.15) is 5.10 Å². The van der Waals surface area contributed by atoms with E-state index in [0.717, 1.165) is 10.8 Å². The summed E-state index contributed by atoms with van der Waals surface area (Å²) in [6.07, 6.45) is 1.37. The third-order valence-corrected chi connectivity index (χ3v) is 5.01. The van der Waals surface area contributed by atoms with Gasteiger partial charge in [0.05, 0.1) is 11.8 Å². The van der Waals surface area contributed by atoms with Crippen LogP contribution in [-0.2, 0) is 9.59 Å². The van der Waals surface area contributed by atoms with E-state index in [0.29, 0.717) is 27.6 Å². The van der Waals surface area contributed by atoms with E-state index in [-0.39, 0.29) is 0 Å². The van der Waals surface area contributed by atoms with Crippen molar-refractivity contribution < 1.29 is 19.1 Å². The quantitative estimate of drug-likeness (QED) is 0.144. The Morgan fingerprint density at radius 3 is 2.35 bits per heavy atom. The Balaban J connectivity index is 1.31. The lowest BCUT2D eigenvalue weighted by Crippen LogP contribution is -2.32. The minimum atomic E-state index is -0.906. The molecule has 0 aliphatic heterocycles. The average Bonchev–Trinajstić information content (AvgIpc) is 2.85. The van der Waals surface area contributed by atoms with Crippen LogP contribution >= 0.6 is 11.6 Å². The Morgan fingerprint density at radius 1 is 0.824 bits per heavy atom. The van der Waals surface area contributed by atoms with Gasteiger partial charge in [0.2, 0.25) is 0 Å². The summed E-state index contributed by atoms with van der Waals surface area (Å²) < 4.78 is 5.31. The molecule has 0 bridgehead atoms. The highest BCUT2D eigenvalue weighted by Gasteiger charge is 2.14. The van der Waals surface area contributed by atoms with E-state index in [2.05, 4.69) is 15.8 Å². The fourth-order valence-electron chi connectivity index (χ4n) is 3.13. The third-order valence-electron chi connectivity index (χ3n) is 4.77. The fourth-order valence-corrected chi connectivity index (χ4v) is 3.32. The van der Waals surface area contributed by atoms with Gasteiger partial charge in [-0.15, -0.1) is 0 Å². The molecule has 2 N–H and O–H groups in total. The van der Waals surface area contributed by atoms with Gasteiger partial charge in [0.25, 0.3) is 0 Å². The number of hydrogen-bond acceptors (Lipinski definition) is 5. The molecule has 0 heterocycles. The van der Waals surface area contributed by atoms with Gasteiger partial charge in [-0.3, -0.25) is 9.59 Å². The number of benzene rings is 4. The van der Waals surface area contributed by atoms with Crippen LogP contribution in [0, 0.1) is 0 Å². The number of amides is 2. The Hall–Kier alpha value is -4.49. The number of nitrogens with zero attached hydrogens (tertiary/aromatic N) is 1. The number of nitrogens with one attached hydrogen (secondary N) is 2. The normalized spacial score (nSPS) is 10.7. The maximum Gasteiger partial charge on any atom is 0.343 e. The zero-order valence-electron chi connectivity index (χ0n) is 17.7. The molecule has 0 aliphatic carbocycles. The van der Waals surface area contributed by atoms with E-state index in [9.17, 15) is 14.4 Å². The number of halogens is 1. The second-order valence-corrected chi connectivity index (χ2v) is 7.59. The first-order valence-corrected chi connectivity index (χ1v) is 10.6. The molecule has 0 aliphatic rings. The molecule has 34 heavy (non-hydrogen) atoms. The predicted molar refractivity (Wildman–Crippen MR) is 131 cm³/mol. The van der Waals surface area contributed by atoms with Crippen molar-refractivity contribution in [2.75, 3.05) is 5.32 Å². The van der Waals surface area contributed by atoms with E-state index >= 15 is 0 Å². The summed E-state index contributed by atoms with van der Waals surface area (Å²) in [5.74, 6) is -1.94. The Morgan fingerprint density at radius 2 is 1.56 bits per heavy atom. The molecule has 0 saturated heterocycles. The van der Waals surface area contributed by atoms with Crippen LogP contribution < -0.4 is 15.5 Å². The van der Waals surface area contributed by atoms with E-state index < -0.39 is 17.8 Å². The molecule has 0 radical (unpaired) electrons. The van der Waals surface area contributed by atoms with E-state index in [1.54, 1.807) is 54.6 Å². The van der Waals surface area contributed by atoms with Crippen LogP contribution in [0.4, 0.5) is 5.69 Å². The van der Waals surface area contributed by atoms with Crippen molar-refractivity contribution in [1.29, 1.82) is 0 Å². The molecule has 0 spiro atoms. The lowest BCUT2D eigenvalue weighted by atomic mass is 10.1. The smallest absolute Gasteiger partial charge is 0.343 e. The fraction of sp³-hybridized carbons (Fsp3) is 0. The number of ether oxygens (including phenoxy) is 1. The van der Waals surface area contributed by atoms with Gasteiger partial charge in [-0.05, 0) is 59.5 Å². The summed E-state index contributed by atoms with van der Waals surface area (Å²) in [6.45, 7) is 0. The summed E-state index contributed by atoms with van der Waals surface area (Å²) in [4.78, 5) is 36.5. The molecule has 168 valence electrons. The van der Waals surface area contributed by atoms with Gasteiger partial charge >= 0.3 is 17.8 Å². The number of anilines is 1. The number of hydrazone groups is 1. The number of hydrogen-bond donors (Lipinski definition) is 2. The highest BCUT2D eigenvalue weighted by molar-refractivity contribution is 6.40. The molecule has 0 saturated carbocycles. The second-order valence-electron chi connectivity index (χ2n) is 7.15. The molecule has 4 aromatic carbocycles. The Bertz CT molecular complexity index is 1400. The maximum atomic E-state index is 12.2. The Kier molecular flexibility index (Phi) is 6.95. The molecule has 8 heteroatoms. The molecular weight excluding hydrogens is 454 g/mol. The second kappa shape index (κ2) is 10.4. The molecule has 0 aromatic heterocycles. The highest BCUT2D eigenvalue weighted by Crippen LogP contribution is 2.22. The van der Waals surface area contributed by atoms with Crippen LogP contribution in [0.25, 0.3) is 10.8 Å². The molecule has 0 atom stereocenters. The summed E-state index contributed by atoms with van der Waals surface area (Å²) in [6, 6.07) is 25.9. The first kappa shape index (κ1) is 22.7. The summed E-state index contributed by atoms with van der Waals surface area (Å²) in [7, 11) is 0. The van der Waals surface area contributed by atoms with Gasteiger partial charge in [0.15, 0.2) is 0 Å². The molecule has 7 nitrogen and oxygen atoms in total. The maximum absolute atomic E-state index is 12.2. The first-order valence-electron chi connectivity index (χ1n) is 10.2. The van der Waals surface area contributed by atoms with Crippen molar-refractivity contribution >= 4 is 52.1 Å². The summed E-state index contributed by atoms with van der Waals surface area (Å²) in [5, 5.41) is 8.61. The number of carbonyl (C=O) groups is 3.